The van der Waals surface area contributed by atoms with Gasteiger partial charge in [0.15, 0.2) is 5.82 Å². The number of hydrogen-bond donors (Lipinski definition) is 0. The lowest BCUT2D eigenvalue weighted by atomic mass is 10.2. The highest BCUT2D eigenvalue weighted by Crippen LogP contribution is 2.26. The van der Waals surface area contributed by atoms with Crippen LogP contribution in [0.4, 0.5) is 10.1 Å². The molecule has 0 spiro atoms. The van der Waals surface area contributed by atoms with Crippen molar-refractivity contribution in [2.45, 2.75) is 0 Å². The van der Waals surface area contributed by atoms with Crippen LogP contribution in [0.1, 0.15) is 0 Å². The molecule has 0 saturated carbocycles. The molecule has 15 heavy (non-hydrogen) atoms. The van der Waals surface area contributed by atoms with Crippen molar-refractivity contribution in [2.24, 2.45) is 0 Å². The number of morpholine rings is 1. The van der Waals surface area contributed by atoms with Gasteiger partial charge in [-0.3, -0.25) is 4.79 Å². The van der Waals surface area contributed by atoms with E-state index >= 15 is 0 Å². The van der Waals surface area contributed by atoms with Gasteiger partial charge in [-0.2, -0.15) is 0 Å². The normalized spacial score (nSPS) is 16.9. The molecule has 0 aromatic heterocycles. The second-order valence-electron chi connectivity index (χ2n) is 3.17. The molecule has 1 aromatic carbocycles. The Bertz CT molecular complexity index is 397. The van der Waals surface area contributed by atoms with E-state index < -0.39 is 5.82 Å². The first kappa shape index (κ1) is 10.6. The van der Waals surface area contributed by atoms with Gasteiger partial charge in [0.05, 0.1) is 16.8 Å². The van der Waals surface area contributed by atoms with Gasteiger partial charge in [0.1, 0.15) is 6.61 Å². The minimum atomic E-state index is -0.409. The Kier molecular flexibility index (Phi) is 3.02. The van der Waals surface area contributed by atoms with Gasteiger partial charge in [-0.25, -0.2) is 4.39 Å². The first-order chi connectivity index (χ1) is 7.20. The topological polar surface area (TPSA) is 29.5 Å². The molecular formula is C10H9BrFNO2. The first-order valence-corrected chi connectivity index (χ1v) is 5.31. The number of amides is 1. The summed E-state index contributed by atoms with van der Waals surface area (Å²) in [5.74, 6) is -0.619. The van der Waals surface area contributed by atoms with Gasteiger partial charge in [-0.1, -0.05) is 6.07 Å². The molecule has 1 aliphatic rings. The molecule has 2 rings (SSSR count). The Hall–Kier alpha value is -0.940. The summed E-state index contributed by atoms with van der Waals surface area (Å²) in [6.07, 6.45) is 0. The molecule has 1 aliphatic heterocycles. The maximum absolute atomic E-state index is 13.7. The van der Waals surface area contributed by atoms with E-state index in [9.17, 15) is 9.18 Å². The third-order valence-electron chi connectivity index (χ3n) is 2.21. The molecule has 0 bridgehead atoms. The zero-order valence-corrected chi connectivity index (χ0v) is 9.46. The largest absolute Gasteiger partial charge is 0.370 e. The van der Waals surface area contributed by atoms with Crippen LogP contribution in [0.5, 0.6) is 0 Å². The first-order valence-electron chi connectivity index (χ1n) is 4.52. The van der Waals surface area contributed by atoms with Gasteiger partial charge in [0.25, 0.3) is 5.91 Å². The number of halogens is 2. The summed E-state index contributed by atoms with van der Waals surface area (Å²) in [7, 11) is 0. The van der Waals surface area contributed by atoms with Gasteiger partial charge in [-0.05, 0) is 28.1 Å². The molecule has 3 nitrogen and oxygen atoms in total. The van der Waals surface area contributed by atoms with Crippen molar-refractivity contribution in [2.75, 3.05) is 24.7 Å². The van der Waals surface area contributed by atoms with E-state index in [0.717, 1.165) is 0 Å². The number of rotatable bonds is 1. The van der Waals surface area contributed by atoms with E-state index in [1.807, 2.05) is 0 Å². The summed E-state index contributed by atoms with van der Waals surface area (Å²) in [6.45, 7) is 0.857. The van der Waals surface area contributed by atoms with E-state index in [4.69, 9.17) is 4.74 Å². The van der Waals surface area contributed by atoms with Crippen molar-refractivity contribution in [1.82, 2.24) is 0 Å². The number of anilines is 1. The highest BCUT2D eigenvalue weighted by molar-refractivity contribution is 9.10. The molecule has 1 heterocycles. The Morgan fingerprint density at radius 2 is 2.27 bits per heavy atom. The average molecular weight is 274 g/mol. The van der Waals surface area contributed by atoms with E-state index in [1.54, 1.807) is 18.2 Å². The predicted octanol–water partition coefficient (Wildman–Crippen LogP) is 1.95. The Morgan fingerprint density at radius 3 is 3.00 bits per heavy atom. The standard InChI is InChI=1S/C10H9BrFNO2/c11-7-2-1-3-8(10(7)12)13-4-5-15-6-9(13)14/h1-3H,4-6H2. The smallest absolute Gasteiger partial charge is 0.253 e. The van der Waals surface area contributed by atoms with Crippen LogP contribution in [0.25, 0.3) is 0 Å². The lowest BCUT2D eigenvalue weighted by Crippen LogP contribution is -2.42. The number of nitrogens with zero attached hydrogens (tertiary/aromatic N) is 1. The zero-order valence-electron chi connectivity index (χ0n) is 7.87. The minimum Gasteiger partial charge on any atom is -0.370 e. The average Bonchev–Trinajstić information content (AvgIpc) is 2.23. The molecule has 80 valence electrons. The molecule has 0 radical (unpaired) electrons. The quantitative estimate of drug-likeness (QED) is 0.783. The summed E-state index contributed by atoms with van der Waals surface area (Å²) < 4.78 is 19.0. The summed E-state index contributed by atoms with van der Waals surface area (Å²) >= 11 is 3.09. The van der Waals surface area contributed by atoms with Crippen molar-refractivity contribution < 1.29 is 13.9 Å². The van der Waals surface area contributed by atoms with E-state index in [-0.39, 0.29) is 12.5 Å². The number of hydrogen-bond acceptors (Lipinski definition) is 2. The number of carbonyl (C=O) groups is 1. The Labute approximate surface area is 95.0 Å². The number of ether oxygens (including phenoxy) is 1. The number of carbonyl (C=O) groups excluding carboxylic acids is 1. The third-order valence-corrected chi connectivity index (χ3v) is 2.82. The predicted molar refractivity (Wildman–Crippen MR) is 57.3 cm³/mol. The van der Waals surface area contributed by atoms with Crippen LogP contribution < -0.4 is 4.90 Å². The molecular weight excluding hydrogens is 265 g/mol. The van der Waals surface area contributed by atoms with Gasteiger partial charge in [0.2, 0.25) is 0 Å². The van der Waals surface area contributed by atoms with E-state index in [0.29, 0.717) is 23.3 Å². The fourth-order valence-electron chi connectivity index (χ4n) is 1.47. The molecule has 0 N–H and O–H groups in total. The van der Waals surface area contributed by atoms with Gasteiger partial charge in [-0.15, -0.1) is 0 Å². The summed E-state index contributed by atoms with van der Waals surface area (Å²) in [5, 5.41) is 0. The van der Waals surface area contributed by atoms with Gasteiger partial charge < -0.3 is 9.64 Å². The lowest BCUT2D eigenvalue weighted by molar-refractivity contribution is -0.125. The highest BCUT2D eigenvalue weighted by Gasteiger charge is 2.23. The second kappa shape index (κ2) is 4.28. The van der Waals surface area contributed by atoms with Crippen LogP contribution in [0, 0.1) is 5.82 Å². The van der Waals surface area contributed by atoms with E-state index in [2.05, 4.69) is 15.9 Å². The van der Waals surface area contributed by atoms with Crippen molar-refractivity contribution in [3.8, 4) is 0 Å². The second-order valence-corrected chi connectivity index (χ2v) is 4.03. The minimum absolute atomic E-state index is 0.0198. The fraction of sp³-hybridized carbons (Fsp3) is 0.300. The van der Waals surface area contributed by atoms with Crippen molar-refractivity contribution >= 4 is 27.5 Å². The summed E-state index contributed by atoms with van der Waals surface area (Å²) in [6, 6.07) is 4.89. The summed E-state index contributed by atoms with van der Waals surface area (Å²) in [5.41, 5.74) is 0.303. The van der Waals surface area contributed by atoms with Gasteiger partial charge >= 0.3 is 0 Å². The van der Waals surface area contributed by atoms with Gasteiger partial charge in [0, 0.05) is 6.54 Å². The Balaban J connectivity index is 2.35. The van der Waals surface area contributed by atoms with Crippen molar-refractivity contribution in [1.29, 1.82) is 0 Å². The molecule has 5 heteroatoms. The van der Waals surface area contributed by atoms with Crippen LogP contribution >= 0.6 is 15.9 Å². The van der Waals surface area contributed by atoms with Crippen LogP contribution in [0.3, 0.4) is 0 Å². The Morgan fingerprint density at radius 1 is 1.47 bits per heavy atom. The van der Waals surface area contributed by atoms with Crippen LogP contribution in [0.2, 0.25) is 0 Å². The lowest BCUT2D eigenvalue weighted by Gasteiger charge is -2.27. The zero-order chi connectivity index (χ0) is 10.8. The summed E-state index contributed by atoms with van der Waals surface area (Å²) in [4.78, 5) is 12.9. The van der Waals surface area contributed by atoms with Crippen molar-refractivity contribution in [3.63, 3.8) is 0 Å². The highest BCUT2D eigenvalue weighted by atomic mass is 79.9. The molecule has 1 fully saturated rings. The molecule has 1 saturated heterocycles. The number of benzene rings is 1. The maximum Gasteiger partial charge on any atom is 0.253 e. The van der Waals surface area contributed by atoms with E-state index in [1.165, 1.54) is 4.90 Å². The molecule has 0 aliphatic carbocycles. The molecule has 1 aromatic rings. The SMILES string of the molecule is O=C1COCCN1c1cccc(Br)c1F. The fourth-order valence-corrected chi connectivity index (χ4v) is 1.83. The third kappa shape index (κ3) is 2.03. The van der Waals surface area contributed by atoms with Crippen LogP contribution in [-0.2, 0) is 9.53 Å². The van der Waals surface area contributed by atoms with Crippen LogP contribution in [-0.4, -0.2) is 25.7 Å². The molecule has 0 unspecified atom stereocenters. The molecule has 1 amide bonds. The van der Waals surface area contributed by atoms with Crippen LogP contribution in [0.15, 0.2) is 22.7 Å². The monoisotopic (exact) mass is 273 g/mol. The maximum atomic E-state index is 13.7. The molecule has 0 atom stereocenters. The van der Waals surface area contributed by atoms with Crippen molar-refractivity contribution in [3.05, 3.63) is 28.5 Å².